The van der Waals surface area contributed by atoms with Crippen molar-refractivity contribution in [2.45, 2.75) is 32.8 Å². The highest BCUT2D eigenvalue weighted by molar-refractivity contribution is 5.35. The van der Waals surface area contributed by atoms with E-state index in [2.05, 4.69) is 25.6 Å². The summed E-state index contributed by atoms with van der Waals surface area (Å²) in [5.41, 5.74) is 0. The van der Waals surface area contributed by atoms with Crippen molar-refractivity contribution in [3.05, 3.63) is 0 Å². The van der Waals surface area contributed by atoms with Crippen molar-refractivity contribution in [3.8, 4) is 6.01 Å². The predicted octanol–water partition coefficient (Wildman–Crippen LogP) is 0.885. The molecule has 1 aromatic heterocycles. The van der Waals surface area contributed by atoms with E-state index in [1.807, 2.05) is 13.8 Å². The summed E-state index contributed by atoms with van der Waals surface area (Å²) < 4.78 is 5.44. The van der Waals surface area contributed by atoms with Crippen LogP contribution in [-0.4, -0.2) is 46.4 Å². The Bertz CT molecular complexity index is 359. The van der Waals surface area contributed by atoms with Crippen molar-refractivity contribution in [1.82, 2.24) is 15.0 Å². The van der Waals surface area contributed by atoms with Crippen LogP contribution in [0.25, 0.3) is 0 Å². The van der Waals surface area contributed by atoms with Crippen molar-refractivity contribution < 1.29 is 9.84 Å². The van der Waals surface area contributed by atoms with Gasteiger partial charge in [-0.1, -0.05) is 0 Å². The summed E-state index contributed by atoms with van der Waals surface area (Å²) in [5, 5.41) is 14.6. The number of aliphatic hydroxyl groups is 1. The Labute approximate surface area is 107 Å². The molecule has 0 aliphatic rings. The van der Waals surface area contributed by atoms with Crippen molar-refractivity contribution in [3.63, 3.8) is 0 Å². The molecule has 0 fully saturated rings. The molecule has 0 spiro atoms. The number of hydrogen-bond donors (Lipinski definition) is 3. The second-order valence-electron chi connectivity index (χ2n) is 4.04. The minimum Gasteiger partial charge on any atom is -0.461 e. The number of rotatable bonds is 8. The zero-order valence-corrected chi connectivity index (χ0v) is 11.1. The van der Waals surface area contributed by atoms with Crippen LogP contribution in [0.2, 0.25) is 0 Å². The largest absolute Gasteiger partial charge is 0.461 e. The first-order chi connectivity index (χ1) is 8.65. The molecule has 0 aliphatic heterocycles. The Morgan fingerprint density at radius 3 is 2.50 bits per heavy atom. The smallest absolute Gasteiger partial charge is 0.323 e. The van der Waals surface area contributed by atoms with Crippen LogP contribution in [0.3, 0.4) is 0 Å². The maximum absolute atomic E-state index is 8.69. The zero-order chi connectivity index (χ0) is 13.4. The summed E-state index contributed by atoms with van der Waals surface area (Å²) in [6.45, 7) is 4.73. The third-order valence-corrected chi connectivity index (χ3v) is 2.05. The van der Waals surface area contributed by atoms with Crippen molar-refractivity contribution >= 4 is 11.9 Å². The van der Waals surface area contributed by atoms with E-state index in [0.29, 0.717) is 24.5 Å². The van der Waals surface area contributed by atoms with Gasteiger partial charge in [0, 0.05) is 20.2 Å². The van der Waals surface area contributed by atoms with Gasteiger partial charge < -0.3 is 20.5 Å². The van der Waals surface area contributed by atoms with Gasteiger partial charge in [-0.05, 0) is 26.7 Å². The highest BCUT2D eigenvalue weighted by Gasteiger charge is 2.07. The predicted molar refractivity (Wildman–Crippen MR) is 69.9 cm³/mol. The third kappa shape index (κ3) is 5.13. The summed E-state index contributed by atoms with van der Waals surface area (Å²) in [4.78, 5) is 12.4. The Hall–Kier alpha value is -1.63. The highest BCUT2D eigenvalue weighted by Crippen LogP contribution is 2.12. The fourth-order valence-corrected chi connectivity index (χ4v) is 1.25. The first-order valence-corrected chi connectivity index (χ1v) is 6.11. The van der Waals surface area contributed by atoms with Gasteiger partial charge in [0.1, 0.15) is 0 Å². The molecule has 0 aromatic carbocycles. The Balaban J connectivity index is 2.64. The lowest BCUT2D eigenvalue weighted by molar-refractivity contribution is 0.222. The molecular formula is C11H21N5O2. The van der Waals surface area contributed by atoms with Gasteiger partial charge in [-0.3, -0.25) is 0 Å². The van der Waals surface area contributed by atoms with Crippen LogP contribution in [0.5, 0.6) is 6.01 Å². The second kappa shape index (κ2) is 7.65. The molecule has 102 valence electrons. The molecule has 0 unspecified atom stereocenters. The first kappa shape index (κ1) is 14.4. The van der Waals surface area contributed by atoms with Crippen LogP contribution in [0.4, 0.5) is 11.9 Å². The number of hydrogen-bond acceptors (Lipinski definition) is 7. The molecule has 0 saturated heterocycles. The van der Waals surface area contributed by atoms with Crippen molar-refractivity contribution in [2.75, 3.05) is 30.8 Å². The van der Waals surface area contributed by atoms with Crippen LogP contribution in [-0.2, 0) is 0 Å². The number of anilines is 2. The SMILES string of the molecule is CNc1nc(NCCCCO)nc(OC(C)C)n1. The topological polar surface area (TPSA) is 92.2 Å². The summed E-state index contributed by atoms with van der Waals surface area (Å²) in [5.74, 6) is 0.938. The van der Waals surface area contributed by atoms with Gasteiger partial charge in [0.15, 0.2) is 0 Å². The molecule has 1 rings (SSSR count). The summed E-state index contributed by atoms with van der Waals surface area (Å²) >= 11 is 0. The molecule has 0 bridgehead atoms. The summed E-state index contributed by atoms with van der Waals surface area (Å²) in [6.07, 6.45) is 1.63. The maximum atomic E-state index is 8.69. The quantitative estimate of drug-likeness (QED) is 0.594. The monoisotopic (exact) mass is 255 g/mol. The van der Waals surface area contributed by atoms with E-state index in [9.17, 15) is 0 Å². The molecule has 18 heavy (non-hydrogen) atoms. The van der Waals surface area contributed by atoms with Crippen LogP contribution in [0.1, 0.15) is 26.7 Å². The van der Waals surface area contributed by atoms with E-state index < -0.39 is 0 Å². The average molecular weight is 255 g/mol. The number of ether oxygens (including phenoxy) is 1. The Morgan fingerprint density at radius 2 is 1.89 bits per heavy atom. The molecule has 0 amide bonds. The normalized spacial score (nSPS) is 10.5. The molecule has 0 aliphatic carbocycles. The Morgan fingerprint density at radius 1 is 1.17 bits per heavy atom. The molecule has 0 radical (unpaired) electrons. The van der Waals surface area contributed by atoms with Crippen LogP contribution in [0.15, 0.2) is 0 Å². The van der Waals surface area contributed by atoms with Crippen molar-refractivity contribution in [1.29, 1.82) is 0 Å². The summed E-state index contributed by atoms with van der Waals surface area (Å²) in [7, 11) is 1.74. The number of nitrogens with one attached hydrogen (secondary N) is 2. The van der Waals surface area contributed by atoms with Crippen LogP contribution >= 0.6 is 0 Å². The minimum absolute atomic E-state index is 0.0133. The van der Waals surface area contributed by atoms with E-state index >= 15 is 0 Å². The zero-order valence-electron chi connectivity index (χ0n) is 11.1. The van der Waals surface area contributed by atoms with E-state index in [1.54, 1.807) is 7.05 Å². The molecule has 3 N–H and O–H groups in total. The van der Waals surface area contributed by atoms with Crippen molar-refractivity contribution in [2.24, 2.45) is 0 Å². The van der Waals surface area contributed by atoms with Gasteiger partial charge in [-0.25, -0.2) is 0 Å². The second-order valence-corrected chi connectivity index (χ2v) is 4.04. The lowest BCUT2D eigenvalue weighted by atomic mass is 10.3. The van der Waals surface area contributed by atoms with E-state index in [1.165, 1.54) is 0 Å². The maximum Gasteiger partial charge on any atom is 0.323 e. The molecule has 1 aromatic rings. The van der Waals surface area contributed by atoms with Crippen LogP contribution < -0.4 is 15.4 Å². The highest BCUT2D eigenvalue weighted by atomic mass is 16.5. The van der Waals surface area contributed by atoms with E-state index in [-0.39, 0.29) is 12.7 Å². The lowest BCUT2D eigenvalue weighted by Gasteiger charge is -2.11. The molecular weight excluding hydrogens is 234 g/mol. The minimum atomic E-state index is 0.0133. The number of unbranched alkanes of at least 4 members (excludes halogenated alkanes) is 1. The third-order valence-electron chi connectivity index (χ3n) is 2.05. The Kier molecular flexibility index (Phi) is 6.13. The number of aliphatic hydroxyl groups excluding tert-OH is 1. The first-order valence-electron chi connectivity index (χ1n) is 6.11. The average Bonchev–Trinajstić information content (AvgIpc) is 2.33. The lowest BCUT2D eigenvalue weighted by Crippen LogP contribution is -2.13. The number of nitrogens with zero attached hydrogens (tertiary/aromatic N) is 3. The van der Waals surface area contributed by atoms with Gasteiger partial charge in [0.2, 0.25) is 11.9 Å². The van der Waals surface area contributed by atoms with Crippen LogP contribution in [0, 0.1) is 0 Å². The van der Waals surface area contributed by atoms with Gasteiger partial charge >= 0.3 is 6.01 Å². The summed E-state index contributed by atoms with van der Waals surface area (Å²) in [6, 6.07) is 0.300. The van der Waals surface area contributed by atoms with Gasteiger partial charge in [0.25, 0.3) is 0 Å². The van der Waals surface area contributed by atoms with Gasteiger partial charge in [-0.2, -0.15) is 15.0 Å². The van der Waals surface area contributed by atoms with E-state index in [0.717, 1.165) is 12.8 Å². The van der Waals surface area contributed by atoms with Gasteiger partial charge in [0.05, 0.1) is 6.10 Å². The molecule has 7 heteroatoms. The number of aromatic nitrogens is 3. The van der Waals surface area contributed by atoms with Gasteiger partial charge in [-0.15, -0.1) is 0 Å². The van der Waals surface area contributed by atoms with E-state index in [4.69, 9.17) is 9.84 Å². The fourth-order valence-electron chi connectivity index (χ4n) is 1.25. The molecule has 0 saturated carbocycles. The molecule has 0 atom stereocenters. The molecule has 7 nitrogen and oxygen atoms in total. The standard InChI is InChI=1S/C11H21N5O2/c1-8(2)18-11-15-9(12-3)14-10(16-11)13-6-4-5-7-17/h8,17H,4-7H2,1-3H3,(H2,12,13,14,15,16). The fraction of sp³-hybridized carbons (Fsp3) is 0.727. The molecule has 1 heterocycles.